The van der Waals surface area contributed by atoms with E-state index in [-0.39, 0.29) is 0 Å². The van der Waals surface area contributed by atoms with E-state index in [0.717, 1.165) is 54.8 Å². The van der Waals surface area contributed by atoms with Gasteiger partial charge >= 0.3 is 0 Å². The summed E-state index contributed by atoms with van der Waals surface area (Å²) < 4.78 is 18.4. The van der Waals surface area contributed by atoms with Crippen LogP contribution in [0, 0.1) is 11.8 Å². The molecule has 1 aliphatic heterocycles. The second-order valence-corrected chi connectivity index (χ2v) is 10.7. The molecule has 1 saturated heterocycles. The monoisotopic (exact) mass is 373 g/mol. The fourth-order valence-corrected chi connectivity index (χ4v) is 6.03. The summed E-state index contributed by atoms with van der Waals surface area (Å²) in [6.07, 6.45) is 16.6. The van der Waals surface area contributed by atoms with Gasteiger partial charge in [0.05, 0.1) is 6.61 Å². The molecule has 3 nitrogen and oxygen atoms in total. The fourth-order valence-electron chi connectivity index (χ4n) is 4.62. The van der Waals surface area contributed by atoms with Gasteiger partial charge in [0.25, 0.3) is 0 Å². The summed E-state index contributed by atoms with van der Waals surface area (Å²) in [6, 6.07) is 0. The van der Waals surface area contributed by atoms with Crippen molar-refractivity contribution in [1.82, 2.24) is 4.90 Å². The molecule has 4 aliphatic rings. The van der Waals surface area contributed by atoms with E-state index in [9.17, 15) is 4.55 Å². The molecule has 3 fully saturated rings. The van der Waals surface area contributed by atoms with Crippen molar-refractivity contribution in [3.63, 3.8) is 0 Å². The lowest BCUT2D eigenvalue weighted by molar-refractivity contribution is 0.189. The zero-order valence-corrected chi connectivity index (χ0v) is 17.1. The summed E-state index contributed by atoms with van der Waals surface area (Å²) in [4.78, 5) is 3.45. The molecule has 0 radical (unpaired) electrons. The van der Waals surface area contributed by atoms with Gasteiger partial charge in [0.1, 0.15) is 23.8 Å². The van der Waals surface area contributed by atoms with Gasteiger partial charge in [-0.15, -0.1) is 0 Å². The molecule has 0 bridgehead atoms. The Bertz CT molecular complexity index is 607. The van der Waals surface area contributed by atoms with Crippen molar-refractivity contribution in [3.8, 4) is 0 Å². The van der Waals surface area contributed by atoms with Crippen LogP contribution in [0.2, 0.25) is 5.31 Å². The molecule has 3 unspecified atom stereocenters. The average Bonchev–Trinajstić information content (AvgIpc) is 3.52. The molecule has 0 aromatic rings. The number of allylic oxidation sites excluding steroid dienone is 4. The molecule has 142 valence electrons. The number of rotatable bonds is 7. The van der Waals surface area contributed by atoms with Gasteiger partial charge in [0.2, 0.25) is 0 Å². The number of hydrogen-bond acceptors (Lipinski definition) is 3. The summed E-state index contributed by atoms with van der Waals surface area (Å²) in [7, 11) is 4.69. The molecule has 26 heavy (non-hydrogen) atoms. The highest BCUT2D eigenvalue weighted by Crippen LogP contribution is 2.64. The maximum Gasteiger partial charge on any atom is 0.149 e. The van der Waals surface area contributed by atoms with Gasteiger partial charge in [-0.3, -0.25) is 0 Å². The van der Waals surface area contributed by atoms with E-state index >= 15 is 0 Å². The second kappa shape index (κ2) is 7.77. The molecule has 0 spiro atoms. The van der Waals surface area contributed by atoms with Crippen molar-refractivity contribution in [2.75, 3.05) is 26.7 Å². The highest BCUT2D eigenvalue weighted by molar-refractivity contribution is 7.96. The third-order valence-corrected chi connectivity index (χ3v) is 8.65. The van der Waals surface area contributed by atoms with Crippen LogP contribution >= 0.6 is 0 Å². The lowest BCUT2D eigenvalue weighted by Gasteiger charge is -2.30. The lowest BCUT2D eigenvalue weighted by Crippen LogP contribution is -2.31. The average molecular weight is 373 g/mol. The predicted octanol–water partition coefficient (Wildman–Crippen LogP) is 3.19. The highest BCUT2D eigenvalue weighted by atomic mass is 32.2. The first-order valence-corrected chi connectivity index (χ1v) is 11.6. The van der Waals surface area contributed by atoms with Crippen molar-refractivity contribution in [3.05, 3.63) is 35.0 Å². The third-order valence-electron chi connectivity index (χ3n) is 6.80. The Kier molecular flexibility index (Phi) is 5.59. The van der Waals surface area contributed by atoms with Crippen molar-refractivity contribution in [2.24, 2.45) is 11.8 Å². The van der Waals surface area contributed by atoms with E-state index in [0.29, 0.717) is 10.6 Å². The van der Waals surface area contributed by atoms with Crippen LogP contribution in [0.3, 0.4) is 0 Å². The fraction of sp³-hybridized carbons (Fsp3) is 0.714. The van der Waals surface area contributed by atoms with Crippen LogP contribution < -0.4 is 0 Å². The Labute approximate surface area is 162 Å². The predicted molar refractivity (Wildman–Crippen MR) is 111 cm³/mol. The van der Waals surface area contributed by atoms with Crippen LogP contribution in [0.1, 0.15) is 44.9 Å². The molecule has 5 heteroatoms. The largest absolute Gasteiger partial charge is 0.611 e. The topological polar surface area (TPSA) is 35.5 Å². The maximum absolute atomic E-state index is 12.3. The Balaban J connectivity index is 1.20. The van der Waals surface area contributed by atoms with E-state index in [2.05, 4.69) is 31.9 Å². The Morgan fingerprint density at radius 2 is 2.00 bits per heavy atom. The van der Waals surface area contributed by atoms with E-state index < -0.39 is 11.2 Å². The molecule has 0 amide bonds. The number of likely N-dealkylation sites (tertiary alicyclic amines) is 1. The van der Waals surface area contributed by atoms with Gasteiger partial charge in [-0.05, 0) is 93.1 Å². The van der Waals surface area contributed by atoms with E-state index in [1.807, 2.05) is 12.2 Å². The molecule has 0 N–H and O–H groups in total. The van der Waals surface area contributed by atoms with Crippen molar-refractivity contribution in [1.29, 1.82) is 0 Å². The number of ether oxygens (including phenoxy) is 1. The molecule has 0 aromatic carbocycles. The van der Waals surface area contributed by atoms with E-state index in [1.54, 1.807) is 0 Å². The maximum atomic E-state index is 12.3. The SMILES string of the molecule is BC1(CCOC2=CCC=C([S+]([O-])C3CC3)C=C2)CC1C1CCN(C)CC1. The summed E-state index contributed by atoms with van der Waals surface area (Å²) in [5, 5.41) is 0.895. The van der Waals surface area contributed by atoms with E-state index in [4.69, 9.17) is 4.74 Å². The normalized spacial score (nSPS) is 34.0. The zero-order valence-electron chi connectivity index (χ0n) is 16.3. The van der Waals surface area contributed by atoms with Crippen LogP contribution in [-0.4, -0.2) is 49.3 Å². The molecule has 4 rings (SSSR count). The van der Waals surface area contributed by atoms with Crippen LogP contribution in [-0.2, 0) is 15.9 Å². The molecule has 3 atom stereocenters. The Morgan fingerprint density at radius 3 is 2.73 bits per heavy atom. The second-order valence-electron chi connectivity index (χ2n) is 8.98. The Hall–Kier alpha value is -0.645. The number of piperidine rings is 1. The van der Waals surface area contributed by atoms with Gasteiger partial charge in [-0.25, -0.2) is 0 Å². The number of nitrogens with zero attached hydrogens (tertiary/aromatic N) is 1. The smallest absolute Gasteiger partial charge is 0.149 e. The van der Waals surface area contributed by atoms with Crippen LogP contribution in [0.15, 0.2) is 35.0 Å². The third kappa shape index (κ3) is 4.43. The van der Waals surface area contributed by atoms with Gasteiger partial charge in [0, 0.05) is 12.8 Å². The van der Waals surface area contributed by atoms with Crippen LogP contribution in [0.25, 0.3) is 0 Å². The van der Waals surface area contributed by atoms with Gasteiger partial charge in [-0.1, -0.05) is 11.7 Å². The Morgan fingerprint density at radius 1 is 1.23 bits per heavy atom. The first kappa shape index (κ1) is 18.7. The first-order valence-electron chi connectivity index (χ1n) is 10.4. The quantitative estimate of drug-likeness (QED) is 0.508. The lowest BCUT2D eigenvalue weighted by atomic mass is 9.74. The minimum atomic E-state index is -0.811. The minimum Gasteiger partial charge on any atom is -0.611 e. The van der Waals surface area contributed by atoms with Gasteiger partial charge in [0.15, 0.2) is 0 Å². The standard InChI is InChI=1S/C21H32BNO2S/c1-23-12-9-16(10-13-23)20-15-21(20,22)11-14-25-17-3-2-4-18(6-5-17)26(24)19-7-8-19/h3-6,16,19-20H,2,7-15,22H2,1H3. The zero-order chi connectivity index (χ0) is 18.1. The molecular weight excluding hydrogens is 341 g/mol. The first-order chi connectivity index (χ1) is 12.5. The molecular formula is C21H32BNO2S. The summed E-state index contributed by atoms with van der Waals surface area (Å²) in [6.45, 7) is 3.34. The summed E-state index contributed by atoms with van der Waals surface area (Å²) in [5.41, 5.74) is 0. The molecule has 0 aromatic heterocycles. The molecule has 1 heterocycles. The highest BCUT2D eigenvalue weighted by Gasteiger charge is 2.52. The van der Waals surface area contributed by atoms with Gasteiger partial charge in [-0.2, -0.15) is 0 Å². The molecule has 3 aliphatic carbocycles. The minimum absolute atomic E-state index is 0.402. The van der Waals surface area contributed by atoms with E-state index in [1.165, 1.54) is 32.4 Å². The molecule has 2 saturated carbocycles. The summed E-state index contributed by atoms with van der Waals surface area (Å²) >= 11 is -0.811. The van der Waals surface area contributed by atoms with Crippen molar-refractivity contribution < 1.29 is 9.29 Å². The number of hydrogen-bond donors (Lipinski definition) is 0. The van der Waals surface area contributed by atoms with Crippen molar-refractivity contribution >= 4 is 19.0 Å². The summed E-state index contributed by atoms with van der Waals surface area (Å²) in [5.74, 6) is 2.79. The van der Waals surface area contributed by atoms with Crippen molar-refractivity contribution in [2.45, 2.75) is 55.5 Å². The van der Waals surface area contributed by atoms with Crippen LogP contribution in [0.4, 0.5) is 0 Å². The van der Waals surface area contributed by atoms with Crippen LogP contribution in [0.5, 0.6) is 0 Å². The van der Waals surface area contributed by atoms with Gasteiger partial charge < -0.3 is 14.2 Å².